The van der Waals surface area contributed by atoms with Crippen molar-refractivity contribution in [1.29, 1.82) is 0 Å². The van der Waals surface area contributed by atoms with Crippen LogP contribution in [0.1, 0.15) is 17.4 Å². The zero-order chi connectivity index (χ0) is 16.5. The van der Waals surface area contributed by atoms with Crippen LogP contribution in [-0.4, -0.2) is 27.5 Å². The van der Waals surface area contributed by atoms with E-state index in [-0.39, 0.29) is 12.7 Å². The van der Waals surface area contributed by atoms with Crippen LogP contribution in [0.3, 0.4) is 0 Å². The molecule has 122 valence electrons. The van der Waals surface area contributed by atoms with Crippen molar-refractivity contribution in [2.75, 3.05) is 12.1 Å². The molecule has 0 aliphatic carbocycles. The van der Waals surface area contributed by atoms with E-state index >= 15 is 0 Å². The summed E-state index contributed by atoms with van der Waals surface area (Å²) in [6, 6.07) is 5.62. The number of benzene rings is 1. The van der Waals surface area contributed by atoms with Gasteiger partial charge in [0.15, 0.2) is 11.5 Å². The molecule has 8 heteroatoms. The molecule has 0 saturated heterocycles. The molecule has 0 radical (unpaired) electrons. The second-order valence-corrected chi connectivity index (χ2v) is 6.00. The molecule has 0 unspecified atom stereocenters. The molecule has 1 N–H and O–H groups in total. The Morgan fingerprint density at radius 1 is 1.38 bits per heavy atom. The summed E-state index contributed by atoms with van der Waals surface area (Å²) in [5, 5.41) is 9.41. The minimum Gasteiger partial charge on any atom is -0.454 e. The number of aryl methyl sites for hydroxylation is 1. The Morgan fingerprint density at radius 3 is 3.08 bits per heavy atom. The molecule has 0 atom stereocenters. The molecule has 1 aliphatic rings. The minimum atomic E-state index is -0.256. The lowest BCUT2D eigenvalue weighted by atomic mass is 10.2. The molecule has 0 saturated carbocycles. The molecule has 7 nitrogen and oxygen atoms in total. The van der Waals surface area contributed by atoms with Crippen LogP contribution in [0.15, 0.2) is 36.0 Å². The first-order valence-corrected chi connectivity index (χ1v) is 8.30. The second kappa shape index (κ2) is 5.97. The van der Waals surface area contributed by atoms with E-state index in [0.29, 0.717) is 17.1 Å². The van der Waals surface area contributed by atoms with Crippen LogP contribution in [-0.2, 0) is 6.54 Å². The quantitative estimate of drug-likeness (QED) is 0.788. The highest BCUT2D eigenvalue weighted by atomic mass is 32.1. The van der Waals surface area contributed by atoms with Crippen molar-refractivity contribution in [1.82, 2.24) is 14.8 Å². The zero-order valence-corrected chi connectivity index (χ0v) is 13.7. The summed E-state index contributed by atoms with van der Waals surface area (Å²) in [5.41, 5.74) is 1.92. The topological polar surface area (TPSA) is 78.3 Å². The smallest absolute Gasteiger partial charge is 0.275 e. The highest BCUT2D eigenvalue weighted by molar-refractivity contribution is 7.13. The summed E-state index contributed by atoms with van der Waals surface area (Å²) in [7, 11) is 0. The molecular formula is C16H14N4O3S. The molecule has 1 amide bonds. The molecule has 3 aromatic rings. The molecule has 3 heterocycles. The van der Waals surface area contributed by atoms with Gasteiger partial charge >= 0.3 is 0 Å². The third-order valence-electron chi connectivity index (χ3n) is 3.57. The molecule has 24 heavy (non-hydrogen) atoms. The maximum atomic E-state index is 12.3. The summed E-state index contributed by atoms with van der Waals surface area (Å²) in [6.45, 7) is 2.97. The van der Waals surface area contributed by atoms with Gasteiger partial charge in [0.1, 0.15) is 10.7 Å². The lowest BCUT2D eigenvalue weighted by Crippen LogP contribution is -2.11. The summed E-state index contributed by atoms with van der Waals surface area (Å²) >= 11 is 1.41. The van der Waals surface area contributed by atoms with E-state index in [9.17, 15) is 4.79 Å². The van der Waals surface area contributed by atoms with Gasteiger partial charge in [-0.3, -0.25) is 9.48 Å². The van der Waals surface area contributed by atoms with Crippen molar-refractivity contribution in [3.63, 3.8) is 0 Å². The van der Waals surface area contributed by atoms with Crippen molar-refractivity contribution in [3.8, 4) is 22.1 Å². The van der Waals surface area contributed by atoms with E-state index in [4.69, 9.17) is 9.47 Å². The number of nitrogens with zero attached hydrogens (tertiary/aromatic N) is 3. The molecule has 4 rings (SSSR count). The Kier molecular flexibility index (Phi) is 3.66. The van der Waals surface area contributed by atoms with Crippen LogP contribution in [0.5, 0.6) is 11.5 Å². The van der Waals surface area contributed by atoms with Gasteiger partial charge in [0, 0.05) is 23.7 Å². The van der Waals surface area contributed by atoms with E-state index < -0.39 is 0 Å². The van der Waals surface area contributed by atoms with Crippen LogP contribution < -0.4 is 14.8 Å². The summed E-state index contributed by atoms with van der Waals surface area (Å²) in [5.74, 6) is 1.16. The molecule has 0 fully saturated rings. The first-order valence-electron chi connectivity index (χ1n) is 7.42. The number of hydrogen-bond donors (Lipinski definition) is 1. The number of nitrogens with one attached hydrogen (secondary N) is 1. The van der Waals surface area contributed by atoms with Crippen molar-refractivity contribution < 1.29 is 14.3 Å². The fourth-order valence-corrected chi connectivity index (χ4v) is 3.13. The first-order chi connectivity index (χ1) is 11.7. The van der Waals surface area contributed by atoms with E-state index in [1.807, 2.05) is 25.1 Å². The van der Waals surface area contributed by atoms with E-state index in [0.717, 1.165) is 22.9 Å². The number of anilines is 1. The van der Waals surface area contributed by atoms with Crippen molar-refractivity contribution in [3.05, 3.63) is 41.7 Å². The number of carbonyl (C=O) groups excluding carboxylic acids is 1. The average Bonchev–Trinajstić information content (AvgIpc) is 3.33. The van der Waals surface area contributed by atoms with Gasteiger partial charge < -0.3 is 14.8 Å². The van der Waals surface area contributed by atoms with Crippen LogP contribution >= 0.6 is 11.3 Å². The molecule has 0 spiro atoms. The Balaban J connectivity index is 1.52. The summed E-state index contributed by atoms with van der Waals surface area (Å²) < 4.78 is 12.4. The molecule has 0 bridgehead atoms. The standard InChI is InChI=1S/C16H14N4O3S/c1-2-20-7-11(6-17-20)18-15(21)12-8-24-16(19-12)10-3-4-13-14(5-10)23-9-22-13/h3-8H,2,9H2,1H3,(H,18,21). The fourth-order valence-electron chi connectivity index (χ4n) is 2.34. The predicted octanol–water partition coefficient (Wildman–Crippen LogP) is 3.01. The Labute approximate surface area is 141 Å². The van der Waals surface area contributed by atoms with Crippen LogP contribution in [0.25, 0.3) is 10.6 Å². The number of ether oxygens (including phenoxy) is 2. The number of fused-ring (bicyclic) bond motifs is 1. The molecular weight excluding hydrogens is 328 g/mol. The van der Waals surface area contributed by atoms with Crippen molar-refractivity contribution in [2.45, 2.75) is 13.5 Å². The predicted molar refractivity (Wildman–Crippen MR) is 89.5 cm³/mol. The number of thiazole rings is 1. The Hall–Kier alpha value is -2.87. The van der Waals surface area contributed by atoms with Crippen molar-refractivity contribution in [2.24, 2.45) is 0 Å². The summed E-state index contributed by atoms with van der Waals surface area (Å²) in [4.78, 5) is 16.7. The van der Waals surface area contributed by atoms with Gasteiger partial charge in [-0.05, 0) is 25.1 Å². The van der Waals surface area contributed by atoms with Gasteiger partial charge in [0.2, 0.25) is 6.79 Å². The van der Waals surface area contributed by atoms with E-state index in [2.05, 4.69) is 15.4 Å². The number of hydrogen-bond acceptors (Lipinski definition) is 6. The molecule has 2 aromatic heterocycles. The highest BCUT2D eigenvalue weighted by Crippen LogP contribution is 2.36. The van der Waals surface area contributed by atoms with Crippen LogP contribution in [0.4, 0.5) is 5.69 Å². The van der Waals surface area contributed by atoms with Gasteiger partial charge in [0.05, 0.1) is 11.9 Å². The molecule has 1 aliphatic heterocycles. The third-order valence-corrected chi connectivity index (χ3v) is 4.46. The van der Waals surface area contributed by atoms with Crippen molar-refractivity contribution >= 4 is 22.9 Å². The van der Waals surface area contributed by atoms with Crippen LogP contribution in [0.2, 0.25) is 0 Å². The molecule has 1 aromatic carbocycles. The van der Waals surface area contributed by atoms with Gasteiger partial charge in [-0.15, -0.1) is 11.3 Å². The van der Waals surface area contributed by atoms with Gasteiger partial charge in [-0.2, -0.15) is 5.10 Å². The third kappa shape index (κ3) is 2.71. The maximum absolute atomic E-state index is 12.3. The monoisotopic (exact) mass is 342 g/mol. The minimum absolute atomic E-state index is 0.232. The number of carbonyl (C=O) groups is 1. The SMILES string of the molecule is CCn1cc(NC(=O)c2csc(-c3ccc4c(c3)OCO4)n2)cn1. The van der Waals surface area contributed by atoms with E-state index in [1.54, 1.807) is 22.5 Å². The largest absolute Gasteiger partial charge is 0.454 e. The van der Waals surface area contributed by atoms with Crippen LogP contribution in [0, 0.1) is 0 Å². The highest BCUT2D eigenvalue weighted by Gasteiger charge is 2.17. The van der Waals surface area contributed by atoms with Gasteiger partial charge in [-0.25, -0.2) is 4.98 Å². The first kappa shape index (κ1) is 14.7. The Bertz CT molecular complexity index is 902. The zero-order valence-electron chi connectivity index (χ0n) is 12.9. The number of amides is 1. The fraction of sp³-hybridized carbons (Fsp3) is 0.188. The van der Waals surface area contributed by atoms with E-state index in [1.165, 1.54) is 11.3 Å². The number of rotatable bonds is 4. The average molecular weight is 342 g/mol. The summed E-state index contributed by atoms with van der Waals surface area (Å²) in [6.07, 6.45) is 3.40. The lowest BCUT2D eigenvalue weighted by Gasteiger charge is -2.00. The normalized spacial score (nSPS) is 12.4. The Morgan fingerprint density at radius 2 is 2.25 bits per heavy atom. The maximum Gasteiger partial charge on any atom is 0.275 e. The number of aromatic nitrogens is 3. The lowest BCUT2D eigenvalue weighted by molar-refractivity contribution is 0.102. The second-order valence-electron chi connectivity index (χ2n) is 5.14. The van der Waals surface area contributed by atoms with Gasteiger partial charge in [0.25, 0.3) is 5.91 Å². The van der Waals surface area contributed by atoms with Gasteiger partial charge in [-0.1, -0.05) is 0 Å².